The van der Waals surface area contributed by atoms with Crippen LogP contribution in [-0.4, -0.2) is 43.9 Å². The Kier molecular flexibility index (Phi) is 6.05. The summed E-state index contributed by atoms with van der Waals surface area (Å²) in [7, 11) is 0. The van der Waals surface area contributed by atoms with Crippen molar-refractivity contribution >= 4 is 23.8 Å². The SMILES string of the molecule is O=C1CCN(NC(=O)/C=C\n2cnc(-c3cc(C(F)(F)F)cc(C(F)(F)F)c3)n2)C(=O)C1. The number of carbonyl (C=O) groups excluding carboxylic acids is 3. The van der Waals surface area contributed by atoms with E-state index >= 15 is 0 Å². The number of hydrazine groups is 1. The number of alkyl halides is 6. The number of hydrogen-bond acceptors (Lipinski definition) is 5. The van der Waals surface area contributed by atoms with Gasteiger partial charge in [-0.2, -0.15) is 26.3 Å². The number of ketones is 1. The van der Waals surface area contributed by atoms with Gasteiger partial charge in [0.25, 0.3) is 5.91 Å². The standard InChI is InChI=1S/C18H13F6N5O3/c19-17(20,21)11-5-10(6-12(7-11)18(22,23)24)16-25-9-28(27-16)3-2-14(31)26-29-4-1-13(30)8-15(29)32/h2-3,5-7,9H,1,4,8H2,(H,26,31)/b3-2-. The van der Waals surface area contributed by atoms with E-state index in [1.807, 2.05) is 0 Å². The van der Waals surface area contributed by atoms with E-state index in [1.54, 1.807) is 0 Å². The third kappa shape index (κ3) is 5.50. The van der Waals surface area contributed by atoms with E-state index in [0.29, 0.717) is 12.1 Å². The number of nitrogens with zero attached hydrogens (tertiary/aromatic N) is 4. The molecule has 1 aromatic carbocycles. The average Bonchev–Trinajstić information content (AvgIpc) is 3.16. The first-order chi connectivity index (χ1) is 14.8. The normalized spacial score (nSPS) is 15.5. The fourth-order valence-corrected chi connectivity index (χ4v) is 2.71. The summed E-state index contributed by atoms with van der Waals surface area (Å²) in [5, 5.41) is 4.71. The van der Waals surface area contributed by atoms with Crippen molar-refractivity contribution in [1.82, 2.24) is 25.2 Å². The highest BCUT2D eigenvalue weighted by Gasteiger charge is 2.37. The van der Waals surface area contributed by atoms with Gasteiger partial charge in [0.1, 0.15) is 12.1 Å². The van der Waals surface area contributed by atoms with Crippen LogP contribution in [-0.2, 0) is 26.7 Å². The summed E-state index contributed by atoms with van der Waals surface area (Å²) in [5.41, 5.74) is -1.31. The van der Waals surface area contributed by atoms with E-state index < -0.39 is 46.7 Å². The number of nitrogens with one attached hydrogen (secondary N) is 1. The summed E-state index contributed by atoms with van der Waals surface area (Å²) in [6.45, 7) is 0.00179. The Balaban J connectivity index is 1.77. The van der Waals surface area contributed by atoms with Gasteiger partial charge in [-0.3, -0.25) is 24.8 Å². The Morgan fingerprint density at radius 3 is 2.22 bits per heavy atom. The molecule has 1 aliphatic rings. The van der Waals surface area contributed by atoms with Crippen molar-refractivity contribution in [1.29, 1.82) is 0 Å². The molecule has 2 heterocycles. The predicted octanol–water partition coefficient (Wildman–Crippen LogP) is 2.68. The van der Waals surface area contributed by atoms with Gasteiger partial charge in [-0.15, -0.1) is 5.10 Å². The Hall–Kier alpha value is -3.71. The van der Waals surface area contributed by atoms with E-state index in [9.17, 15) is 40.7 Å². The third-order valence-electron chi connectivity index (χ3n) is 4.24. The zero-order chi connectivity index (χ0) is 23.7. The lowest BCUT2D eigenvalue weighted by molar-refractivity contribution is -0.146. The molecule has 1 saturated heterocycles. The molecule has 0 unspecified atom stereocenters. The first kappa shape index (κ1) is 23.0. The van der Waals surface area contributed by atoms with Crippen LogP contribution in [0.3, 0.4) is 0 Å². The van der Waals surface area contributed by atoms with Crippen LogP contribution < -0.4 is 5.43 Å². The van der Waals surface area contributed by atoms with Gasteiger partial charge in [-0.05, 0) is 18.2 Å². The summed E-state index contributed by atoms with van der Waals surface area (Å²) in [5.74, 6) is -2.05. The quantitative estimate of drug-likeness (QED) is 0.429. The number of piperidine rings is 1. The maximum Gasteiger partial charge on any atom is 0.416 e. The van der Waals surface area contributed by atoms with Gasteiger partial charge in [-0.1, -0.05) is 0 Å². The highest BCUT2D eigenvalue weighted by molar-refractivity contribution is 6.01. The lowest BCUT2D eigenvalue weighted by atomic mass is 10.0. The Morgan fingerprint density at radius 2 is 1.66 bits per heavy atom. The molecule has 0 spiro atoms. The summed E-state index contributed by atoms with van der Waals surface area (Å²) < 4.78 is 78.8. The number of benzene rings is 1. The maximum absolute atomic E-state index is 13.0. The predicted molar refractivity (Wildman–Crippen MR) is 94.9 cm³/mol. The molecule has 1 aromatic heterocycles. The van der Waals surface area contributed by atoms with Crippen molar-refractivity contribution in [2.45, 2.75) is 25.2 Å². The smallest absolute Gasteiger partial charge is 0.299 e. The van der Waals surface area contributed by atoms with Gasteiger partial charge < -0.3 is 0 Å². The van der Waals surface area contributed by atoms with Gasteiger partial charge in [0, 0.05) is 30.8 Å². The van der Waals surface area contributed by atoms with Crippen molar-refractivity contribution in [3.05, 3.63) is 41.7 Å². The number of carbonyl (C=O) groups is 3. The van der Waals surface area contributed by atoms with Crippen LogP contribution in [0.5, 0.6) is 0 Å². The summed E-state index contributed by atoms with van der Waals surface area (Å²) >= 11 is 0. The van der Waals surface area contributed by atoms with Crippen molar-refractivity contribution in [2.75, 3.05) is 6.54 Å². The molecule has 3 rings (SSSR count). The molecule has 170 valence electrons. The van der Waals surface area contributed by atoms with Crippen LogP contribution in [0.2, 0.25) is 0 Å². The van der Waals surface area contributed by atoms with Crippen LogP contribution in [0.1, 0.15) is 24.0 Å². The molecule has 1 fully saturated rings. The first-order valence-electron chi connectivity index (χ1n) is 8.85. The number of amides is 2. The molecule has 0 aliphatic carbocycles. The molecular weight excluding hydrogens is 448 g/mol. The third-order valence-corrected chi connectivity index (χ3v) is 4.24. The van der Waals surface area contributed by atoms with Crippen molar-refractivity contribution in [2.24, 2.45) is 0 Å². The lowest BCUT2D eigenvalue weighted by Crippen LogP contribution is -2.49. The highest BCUT2D eigenvalue weighted by atomic mass is 19.4. The number of halogens is 6. The molecule has 32 heavy (non-hydrogen) atoms. The molecule has 1 N–H and O–H groups in total. The molecule has 2 aromatic rings. The lowest BCUT2D eigenvalue weighted by Gasteiger charge is -2.25. The van der Waals surface area contributed by atoms with Crippen LogP contribution in [0.15, 0.2) is 30.6 Å². The molecule has 0 atom stereocenters. The van der Waals surface area contributed by atoms with Crippen molar-refractivity contribution in [3.8, 4) is 11.4 Å². The van der Waals surface area contributed by atoms with Gasteiger partial charge in [0.2, 0.25) is 5.91 Å². The summed E-state index contributed by atoms with van der Waals surface area (Å²) in [6, 6.07) is 0.948. The van der Waals surface area contributed by atoms with Crippen LogP contribution in [0.25, 0.3) is 17.6 Å². The van der Waals surface area contributed by atoms with Gasteiger partial charge in [-0.25, -0.2) is 9.67 Å². The second-order valence-corrected chi connectivity index (χ2v) is 6.65. The minimum Gasteiger partial charge on any atom is -0.299 e. The fraction of sp³-hybridized carbons (Fsp3) is 0.278. The zero-order valence-electron chi connectivity index (χ0n) is 15.9. The van der Waals surface area contributed by atoms with E-state index in [2.05, 4.69) is 15.5 Å². The highest BCUT2D eigenvalue weighted by Crippen LogP contribution is 2.38. The molecular formula is C18H13F6N5O3. The monoisotopic (exact) mass is 461 g/mol. The molecule has 0 bridgehead atoms. The van der Waals surface area contributed by atoms with Crippen molar-refractivity contribution < 1.29 is 40.7 Å². The minimum absolute atomic E-state index is 0.00179. The number of hydrogen-bond donors (Lipinski definition) is 1. The van der Waals surface area contributed by atoms with E-state index in [0.717, 1.165) is 28.3 Å². The molecule has 1 aliphatic heterocycles. The molecule has 0 radical (unpaired) electrons. The van der Waals surface area contributed by atoms with Gasteiger partial charge in [0.15, 0.2) is 5.82 Å². The summed E-state index contributed by atoms with van der Waals surface area (Å²) in [6.07, 6.45) is -7.39. The van der Waals surface area contributed by atoms with E-state index in [1.165, 1.54) is 0 Å². The zero-order valence-corrected chi connectivity index (χ0v) is 15.9. The average molecular weight is 461 g/mol. The largest absolute Gasteiger partial charge is 0.416 e. The van der Waals surface area contributed by atoms with E-state index in [4.69, 9.17) is 0 Å². The van der Waals surface area contributed by atoms with E-state index in [-0.39, 0.29) is 31.2 Å². The topological polar surface area (TPSA) is 97.2 Å². The van der Waals surface area contributed by atoms with Gasteiger partial charge in [0.05, 0.1) is 17.5 Å². The number of rotatable bonds is 4. The number of Topliss-reactive ketones (excluding diaryl/α,β-unsaturated/α-hetero) is 1. The minimum atomic E-state index is -5.02. The summed E-state index contributed by atoms with van der Waals surface area (Å²) in [4.78, 5) is 38.4. The number of aromatic nitrogens is 3. The van der Waals surface area contributed by atoms with Crippen LogP contribution >= 0.6 is 0 Å². The Morgan fingerprint density at radius 1 is 1.03 bits per heavy atom. The fourth-order valence-electron chi connectivity index (χ4n) is 2.71. The first-order valence-corrected chi connectivity index (χ1v) is 8.85. The Labute approximate surface area is 175 Å². The van der Waals surface area contributed by atoms with Crippen LogP contribution in [0.4, 0.5) is 26.3 Å². The molecule has 0 saturated carbocycles. The molecule has 14 heteroatoms. The maximum atomic E-state index is 13.0. The second kappa shape index (κ2) is 8.43. The molecule has 2 amide bonds. The Bertz CT molecular complexity index is 1060. The van der Waals surface area contributed by atoms with Crippen LogP contribution in [0, 0.1) is 0 Å². The van der Waals surface area contributed by atoms with Gasteiger partial charge >= 0.3 is 12.4 Å². The van der Waals surface area contributed by atoms with Crippen molar-refractivity contribution in [3.63, 3.8) is 0 Å². The second-order valence-electron chi connectivity index (χ2n) is 6.65. The molecule has 8 nitrogen and oxygen atoms in total.